The lowest BCUT2D eigenvalue weighted by Crippen LogP contribution is -2.28. The number of carboxylic acids is 1. The SMILES string of the molecule is C=Cc1cc(C(=O)Nc2ccc(C(=N)N)cc2)c(-c2ccc(C(=O)NCC(C)C)nc2C(=O)O)cc1OC. The number of nitrogens with two attached hydrogens (primary N) is 1. The zero-order valence-corrected chi connectivity index (χ0v) is 21.3. The summed E-state index contributed by atoms with van der Waals surface area (Å²) >= 11 is 0. The number of nitrogens with one attached hydrogen (secondary N) is 3. The number of hydrogen-bond acceptors (Lipinski definition) is 6. The van der Waals surface area contributed by atoms with Crippen LogP contribution in [-0.2, 0) is 0 Å². The number of ether oxygens (including phenoxy) is 1. The molecule has 2 amide bonds. The molecule has 0 bridgehead atoms. The number of aromatic carboxylic acids is 1. The van der Waals surface area contributed by atoms with Crippen molar-refractivity contribution < 1.29 is 24.2 Å². The summed E-state index contributed by atoms with van der Waals surface area (Å²) in [4.78, 5) is 42.2. The monoisotopic (exact) mass is 515 g/mol. The Labute approximate surface area is 220 Å². The molecule has 0 spiro atoms. The zero-order valence-electron chi connectivity index (χ0n) is 21.3. The molecule has 1 heterocycles. The Hall–Kier alpha value is -4.99. The van der Waals surface area contributed by atoms with Crippen molar-refractivity contribution in [1.82, 2.24) is 10.3 Å². The number of methoxy groups -OCH3 is 1. The van der Waals surface area contributed by atoms with Gasteiger partial charge in [0.25, 0.3) is 11.8 Å². The van der Waals surface area contributed by atoms with Crippen LogP contribution in [0.3, 0.4) is 0 Å². The van der Waals surface area contributed by atoms with E-state index in [4.69, 9.17) is 15.9 Å². The quantitative estimate of drug-likeness (QED) is 0.201. The van der Waals surface area contributed by atoms with Crippen molar-refractivity contribution >= 4 is 35.4 Å². The molecule has 10 nitrogen and oxygen atoms in total. The molecule has 0 aliphatic rings. The molecular weight excluding hydrogens is 486 g/mol. The number of benzene rings is 2. The van der Waals surface area contributed by atoms with Gasteiger partial charge in [-0.25, -0.2) is 9.78 Å². The number of carbonyl (C=O) groups excluding carboxylic acids is 2. The minimum Gasteiger partial charge on any atom is -0.496 e. The molecule has 0 aliphatic carbocycles. The molecule has 0 unspecified atom stereocenters. The molecule has 0 aliphatic heterocycles. The summed E-state index contributed by atoms with van der Waals surface area (Å²) in [5, 5.41) is 22.9. The van der Waals surface area contributed by atoms with Crippen LogP contribution >= 0.6 is 0 Å². The molecule has 0 fully saturated rings. The molecule has 6 N–H and O–H groups in total. The molecule has 196 valence electrons. The normalized spacial score (nSPS) is 10.5. The Bertz CT molecular complexity index is 1410. The number of hydrogen-bond donors (Lipinski definition) is 5. The number of pyridine rings is 1. The summed E-state index contributed by atoms with van der Waals surface area (Å²) in [6, 6.07) is 12.3. The number of carbonyl (C=O) groups is 3. The minimum atomic E-state index is -1.36. The van der Waals surface area contributed by atoms with Gasteiger partial charge in [0.1, 0.15) is 17.3 Å². The molecule has 38 heavy (non-hydrogen) atoms. The standard InChI is InChI=1S/C28H29N5O5/c1-5-16-12-21(26(34)32-18-8-6-17(7-9-18)25(29)30)20(13-23(16)38-4)19-10-11-22(33-24(19)28(36)37)27(35)31-14-15(2)3/h5-13,15H,1,14H2,2-4H3,(H3,29,30)(H,31,35)(H,32,34)(H,36,37). The first kappa shape index (κ1) is 27.6. The number of rotatable bonds is 10. The third-order valence-electron chi connectivity index (χ3n) is 5.58. The molecule has 0 radical (unpaired) electrons. The molecule has 0 saturated carbocycles. The molecule has 2 aromatic carbocycles. The van der Waals surface area contributed by atoms with Crippen LogP contribution in [0.4, 0.5) is 5.69 Å². The van der Waals surface area contributed by atoms with Crippen LogP contribution in [0.15, 0.2) is 55.1 Å². The highest BCUT2D eigenvalue weighted by atomic mass is 16.5. The second-order valence-electron chi connectivity index (χ2n) is 8.79. The van der Waals surface area contributed by atoms with Gasteiger partial charge in [-0.15, -0.1) is 0 Å². The lowest BCUT2D eigenvalue weighted by Gasteiger charge is -2.16. The highest BCUT2D eigenvalue weighted by Crippen LogP contribution is 2.34. The smallest absolute Gasteiger partial charge is 0.355 e. The van der Waals surface area contributed by atoms with E-state index < -0.39 is 23.5 Å². The fraction of sp³-hybridized carbons (Fsp3) is 0.179. The van der Waals surface area contributed by atoms with Crippen molar-refractivity contribution in [2.24, 2.45) is 11.7 Å². The van der Waals surface area contributed by atoms with Gasteiger partial charge in [-0.05, 0) is 54.4 Å². The lowest BCUT2D eigenvalue weighted by atomic mass is 9.94. The maximum atomic E-state index is 13.4. The fourth-order valence-electron chi connectivity index (χ4n) is 3.63. The van der Waals surface area contributed by atoms with Gasteiger partial charge in [-0.1, -0.05) is 26.5 Å². The van der Waals surface area contributed by atoms with E-state index in [2.05, 4.69) is 22.2 Å². The average Bonchev–Trinajstić information content (AvgIpc) is 2.90. The van der Waals surface area contributed by atoms with E-state index in [1.807, 2.05) is 13.8 Å². The van der Waals surface area contributed by atoms with Crippen molar-refractivity contribution in [3.8, 4) is 16.9 Å². The molecule has 1 aromatic heterocycles. The summed E-state index contributed by atoms with van der Waals surface area (Å²) in [6.07, 6.45) is 1.51. The first-order chi connectivity index (χ1) is 18.0. The van der Waals surface area contributed by atoms with E-state index in [0.29, 0.717) is 29.1 Å². The van der Waals surface area contributed by atoms with Gasteiger partial charge in [-0.3, -0.25) is 15.0 Å². The van der Waals surface area contributed by atoms with E-state index in [9.17, 15) is 19.5 Å². The molecule has 0 saturated heterocycles. The minimum absolute atomic E-state index is 0.0574. The Morgan fingerprint density at radius 3 is 2.34 bits per heavy atom. The Morgan fingerprint density at radius 1 is 1.11 bits per heavy atom. The topological polar surface area (TPSA) is 167 Å². The van der Waals surface area contributed by atoms with Gasteiger partial charge in [0.05, 0.1) is 7.11 Å². The van der Waals surface area contributed by atoms with Gasteiger partial charge in [0, 0.05) is 40.0 Å². The van der Waals surface area contributed by atoms with Crippen LogP contribution in [0.5, 0.6) is 5.75 Å². The van der Waals surface area contributed by atoms with Crippen LogP contribution in [0.25, 0.3) is 17.2 Å². The van der Waals surface area contributed by atoms with Gasteiger partial charge >= 0.3 is 5.97 Å². The number of amidine groups is 1. The van der Waals surface area contributed by atoms with Gasteiger partial charge in [0.2, 0.25) is 0 Å². The van der Waals surface area contributed by atoms with E-state index in [1.165, 1.54) is 37.5 Å². The van der Waals surface area contributed by atoms with Crippen LogP contribution in [-0.4, -0.2) is 47.4 Å². The van der Waals surface area contributed by atoms with Crippen molar-refractivity contribution in [2.45, 2.75) is 13.8 Å². The Morgan fingerprint density at radius 2 is 1.79 bits per heavy atom. The average molecular weight is 516 g/mol. The van der Waals surface area contributed by atoms with E-state index in [-0.39, 0.29) is 34.1 Å². The molecule has 3 rings (SSSR count). The summed E-state index contributed by atoms with van der Waals surface area (Å²) in [6.45, 7) is 8.04. The zero-order chi connectivity index (χ0) is 28.0. The van der Waals surface area contributed by atoms with Crippen molar-refractivity contribution in [2.75, 3.05) is 19.0 Å². The van der Waals surface area contributed by atoms with Crippen molar-refractivity contribution in [3.05, 3.63) is 83.2 Å². The number of nitrogen functional groups attached to an aromatic ring is 1. The predicted molar refractivity (Wildman–Crippen MR) is 146 cm³/mol. The van der Waals surface area contributed by atoms with Crippen LogP contribution in [0, 0.1) is 11.3 Å². The van der Waals surface area contributed by atoms with Crippen LogP contribution < -0.4 is 21.1 Å². The van der Waals surface area contributed by atoms with Crippen molar-refractivity contribution in [1.29, 1.82) is 5.41 Å². The summed E-state index contributed by atoms with van der Waals surface area (Å²) in [5.41, 5.74) is 7.00. The maximum absolute atomic E-state index is 13.4. The number of nitrogens with zero attached hydrogens (tertiary/aromatic N) is 1. The van der Waals surface area contributed by atoms with Gasteiger partial charge in [0.15, 0.2) is 5.69 Å². The first-order valence-electron chi connectivity index (χ1n) is 11.7. The number of amides is 2. The number of aromatic nitrogens is 1. The Balaban J connectivity index is 2.11. The third-order valence-corrected chi connectivity index (χ3v) is 5.58. The molecular formula is C28H29N5O5. The second-order valence-corrected chi connectivity index (χ2v) is 8.79. The van der Waals surface area contributed by atoms with Crippen LogP contribution in [0.2, 0.25) is 0 Å². The summed E-state index contributed by atoms with van der Waals surface area (Å²) < 4.78 is 5.44. The van der Waals surface area contributed by atoms with E-state index in [1.54, 1.807) is 24.3 Å². The summed E-state index contributed by atoms with van der Waals surface area (Å²) in [7, 11) is 1.45. The first-order valence-corrected chi connectivity index (χ1v) is 11.7. The highest BCUT2D eigenvalue weighted by molar-refractivity contribution is 6.11. The van der Waals surface area contributed by atoms with Gasteiger partial charge < -0.3 is 26.2 Å². The summed E-state index contributed by atoms with van der Waals surface area (Å²) in [5.74, 6) is -1.93. The number of anilines is 1. The second kappa shape index (κ2) is 11.8. The third kappa shape index (κ3) is 6.22. The van der Waals surface area contributed by atoms with Crippen LogP contribution in [0.1, 0.15) is 56.3 Å². The fourth-order valence-corrected chi connectivity index (χ4v) is 3.63. The molecule has 3 aromatic rings. The van der Waals surface area contributed by atoms with E-state index in [0.717, 1.165) is 0 Å². The van der Waals surface area contributed by atoms with Gasteiger partial charge in [-0.2, -0.15) is 0 Å². The largest absolute Gasteiger partial charge is 0.496 e. The lowest BCUT2D eigenvalue weighted by molar-refractivity contribution is 0.0691. The Kier molecular flexibility index (Phi) is 8.59. The predicted octanol–water partition coefficient (Wildman–Crippen LogP) is 4.02. The maximum Gasteiger partial charge on any atom is 0.355 e. The van der Waals surface area contributed by atoms with E-state index >= 15 is 0 Å². The number of carboxylic acid groups (broad SMARTS) is 1. The highest BCUT2D eigenvalue weighted by Gasteiger charge is 2.23. The molecule has 0 atom stereocenters. The molecule has 10 heteroatoms. The van der Waals surface area contributed by atoms with Crippen molar-refractivity contribution in [3.63, 3.8) is 0 Å².